The fourth-order valence-electron chi connectivity index (χ4n) is 1.28. The van der Waals surface area contributed by atoms with Crippen LogP contribution in [0.25, 0.3) is 0 Å². The third kappa shape index (κ3) is 14.2. The Kier molecular flexibility index (Phi) is 8.02. The smallest absolute Gasteiger partial charge is 1.00 e. The van der Waals surface area contributed by atoms with Gasteiger partial charge in [0.1, 0.15) is 5.62 Å². The number of nitrogens with zero attached hydrogens (tertiary/aromatic N) is 2. The maximum Gasteiger partial charge on any atom is -1.00 e. The summed E-state index contributed by atoms with van der Waals surface area (Å²) in [6.07, 6.45) is 2.61. The molecule has 1 aliphatic rings. The van der Waals surface area contributed by atoms with E-state index < -0.39 is 8.16 Å². The van der Waals surface area contributed by atoms with Crippen LogP contribution >= 0.6 is 19.8 Å². The Morgan fingerprint density at radius 1 is 1.06 bits per heavy atom. The van der Waals surface area contributed by atoms with E-state index in [1.807, 2.05) is 19.0 Å². The van der Waals surface area contributed by atoms with Crippen molar-refractivity contribution in [3.63, 3.8) is 0 Å². The van der Waals surface area contributed by atoms with Crippen molar-refractivity contribution in [2.75, 3.05) is 27.2 Å². The number of hydrogen-bond acceptors (Lipinski definition) is 2. The molecule has 0 bridgehead atoms. The molecule has 0 amide bonds. The van der Waals surface area contributed by atoms with Gasteiger partial charge in [-0.1, -0.05) is 11.6 Å². The summed E-state index contributed by atoms with van der Waals surface area (Å²) in [5, 5.41) is 0. The van der Waals surface area contributed by atoms with Gasteiger partial charge < -0.3 is 4.70 Å². The van der Waals surface area contributed by atoms with Crippen molar-refractivity contribution in [2.45, 2.75) is 18.5 Å². The van der Waals surface area contributed by atoms with Crippen LogP contribution in [0.1, 0.15) is 12.8 Å². The third-order valence-corrected chi connectivity index (χ3v) is 2.53. The van der Waals surface area contributed by atoms with Crippen LogP contribution in [0.3, 0.4) is 0 Å². The van der Waals surface area contributed by atoms with E-state index >= 15 is 0 Å². The van der Waals surface area contributed by atoms with Gasteiger partial charge in [0, 0.05) is 13.1 Å². The average molecular weight is 308 g/mol. The summed E-state index contributed by atoms with van der Waals surface area (Å²) in [6.45, 7) is 2.32. The summed E-state index contributed by atoms with van der Waals surface area (Å²) in [5.74, 6) is 0. The SMILES string of the molecule is CN(C)C(Cl)N1CCCC1.FP(F)(F)(F)F.[F-]. The number of alkyl halides is 1. The van der Waals surface area contributed by atoms with Crippen LogP contribution in [0.4, 0.5) is 21.0 Å². The molecule has 0 spiro atoms. The summed E-state index contributed by atoms with van der Waals surface area (Å²) in [7, 11) is -4.53. The van der Waals surface area contributed by atoms with Crippen LogP contribution < -0.4 is 4.70 Å². The van der Waals surface area contributed by atoms with E-state index in [-0.39, 0.29) is 10.3 Å². The average Bonchev–Trinajstić information content (AvgIpc) is 2.49. The maximum absolute atomic E-state index is 9.84. The summed E-state index contributed by atoms with van der Waals surface area (Å²) >= 11 is 6.07. The quantitative estimate of drug-likeness (QED) is 0.327. The molecule has 108 valence electrons. The first-order chi connectivity index (χ1) is 6.95. The van der Waals surface area contributed by atoms with Gasteiger partial charge in [-0.3, -0.25) is 9.80 Å². The minimum atomic E-state index is -8.55. The Bertz CT molecular complexity index is 199. The second kappa shape index (κ2) is 6.97. The zero-order chi connectivity index (χ0) is 13.0. The molecule has 1 heterocycles. The molecule has 0 aliphatic carbocycles. The van der Waals surface area contributed by atoms with E-state index in [2.05, 4.69) is 4.90 Å². The van der Waals surface area contributed by atoms with Gasteiger partial charge in [0.25, 0.3) is 0 Å². The van der Waals surface area contributed by atoms with Gasteiger partial charge >= 0.3 is 29.1 Å². The van der Waals surface area contributed by atoms with E-state index in [0.29, 0.717) is 0 Å². The largest absolute Gasteiger partial charge is 1.00 e. The molecule has 1 aliphatic heterocycles. The predicted octanol–water partition coefficient (Wildman–Crippen LogP) is 1.13. The third-order valence-electron chi connectivity index (χ3n) is 1.87. The molecule has 1 atom stereocenters. The first kappa shape index (κ1) is 19.6. The summed E-state index contributed by atoms with van der Waals surface area (Å²) < 4.78 is 49.2. The van der Waals surface area contributed by atoms with Gasteiger partial charge in [-0.2, -0.15) is 0 Å². The zero-order valence-corrected chi connectivity index (χ0v) is 11.0. The molecule has 0 aromatic rings. The van der Waals surface area contributed by atoms with Crippen LogP contribution in [-0.2, 0) is 0 Å². The van der Waals surface area contributed by atoms with Crippen molar-refractivity contribution < 1.29 is 25.7 Å². The van der Waals surface area contributed by atoms with E-state index in [4.69, 9.17) is 11.6 Å². The Labute approximate surface area is 102 Å². The number of halogens is 7. The number of rotatable bonds is 2. The van der Waals surface area contributed by atoms with Crippen molar-refractivity contribution in [1.82, 2.24) is 9.80 Å². The second-order valence-corrected chi connectivity index (χ2v) is 5.32. The van der Waals surface area contributed by atoms with Gasteiger partial charge in [-0.05, 0) is 26.9 Å². The molecule has 0 saturated carbocycles. The molecule has 2 nitrogen and oxygen atoms in total. The van der Waals surface area contributed by atoms with Crippen molar-refractivity contribution in [1.29, 1.82) is 0 Å². The number of hydrogen-bond donors (Lipinski definition) is 0. The molecular formula is C7H15ClF6N2P-. The molecule has 1 rings (SSSR count). The molecule has 17 heavy (non-hydrogen) atoms. The second-order valence-electron chi connectivity index (χ2n) is 3.66. The fraction of sp³-hybridized carbons (Fsp3) is 1.00. The van der Waals surface area contributed by atoms with E-state index in [0.717, 1.165) is 13.1 Å². The van der Waals surface area contributed by atoms with E-state index in [1.165, 1.54) is 12.8 Å². The van der Waals surface area contributed by atoms with E-state index in [9.17, 15) is 21.0 Å². The van der Waals surface area contributed by atoms with Crippen LogP contribution in [0, 0.1) is 0 Å². The van der Waals surface area contributed by atoms with Crippen molar-refractivity contribution in [3.8, 4) is 0 Å². The monoisotopic (exact) mass is 307 g/mol. The van der Waals surface area contributed by atoms with Gasteiger partial charge in [-0.25, -0.2) is 0 Å². The molecule has 1 saturated heterocycles. The first-order valence-electron chi connectivity index (χ1n) is 4.61. The molecular weight excluding hydrogens is 293 g/mol. The van der Waals surface area contributed by atoms with Crippen LogP contribution in [-0.4, -0.2) is 42.6 Å². The van der Waals surface area contributed by atoms with Crippen molar-refractivity contribution in [3.05, 3.63) is 0 Å². The van der Waals surface area contributed by atoms with Gasteiger partial charge in [0.05, 0.1) is 0 Å². The summed E-state index contributed by atoms with van der Waals surface area (Å²) in [5.41, 5.74) is 0.0995. The minimum Gasteiger partial charge on any atom is -1.00 e. The van der Waals surface area contributed by atoms with Crippen LogP contribution in [0.15, 0.2) is 0 Å². The predicted molar refractivity (Wildman–Crippen MR) is 56.6 cm³/mol. The standard InChI is InChI=1S/C7H15ClN2.F5P.FH/c1-9(2)7(8)10-5-3-4-6-10;1-6(2,3,4)5;/h7H,3-6H2,1-2H3;;1H/p-1. The van der Waals surface area contributed by atoms with Gasteiger partial charge in [0.15, 0.2) is 0 Å². The zero-order valence-electron chi connectivity index (χ0n) is 9.39. The summed E-state index contributed by atoms with van der Waals surface area (Å²) in [6, 6.07) is 0. The van der Waals surface area contributed by atoms with E-state index in [1.54, 1.807) is 0 Å². The molecule has 0 aromatic heterocycles. The Morgan fingerprint density at radius 3 is 1.59 bits per heavy atom. The van der Waals surface area contributed by atoms with Gasteiger partial charge in [-0.15, -0.1) is 0 Å². The molecule has 1 fully saturated rings. The molecule has 1 unspecified atom stereocenters. The number of likely N-dealkylation sites (tertiary alicyclic amines) is 1. The molecule has 10 heteroatoms. The molecule has 0 N–H and O–H groups in total. The van der Waals surface area contributed by atoms with Crippen LogP contribution in [0.2, 0.25) is 0 Å². The van der Waals surface area contributed by atoms with Crippen LogP contribution in [0.5, 0.6) is 0 Å². The Morgan fingerprint density at radius 2 is 1.35 bits per heavy atom. The molecule has 0 radical (unpaired) electrons. The van der Waals surface area contributed by atoms with Gasteiger partial charge in [0.2, 0.25) is 0 Å². The normalized spacial score (nSPS) is 20.9. The fourth-order valence-corrected chi connectivity index (χ4v) is 1.48. The van der Waals surface area contributed by atoms with Crippen molar-refractivity contribution in [2.24, 2.45) is 0 Å². The first-order valence-corrected chi connectivity index (χ1v) is 6.73. The Hall–Kier alpha value is 0.220. The maximum atomic E-state index is 9.84. The van der Waals surface area contributed by atoms with Crippen molar-refractivity contribution >= 4 is 19.8 Å². The Balaban J connectivity index is 0. The topological polar surface area (TPSA) is 6.48 Å². The minimum absolute atomic E-state index is 0. The molecule has 0 aromatic carbocycles. The summed E-state index contributed by atoms with van der Waals surface area (Å²) in [4.78, 5) is 4.33.